The summed E-state index contributed by atoms with van der Waals surface area (Å²) in [6, 6.07) is 11.6. The summed E-state index contributed by atoms with van der Waals surface area (Å²) in [7, 11) is 0. The molecule has 1 saturated heterocycles. The number of rotatable bonds is 3. The van der Waals surface area contributed by atoms with Crippen molar-refractivity contribution >= 4 is 17.7 Å². The van der Waals surface area contributed by atoms with Gasteiger partial charge in [0.25, 0.3) is 0 Å². The van der Waals surface area contributed by atoms with Gasteiger partial charge >= 0.3 is 6.09 Å². The van der Waals surface area contributed by atoms with Gasteiger partial charge in [-0.15, -0.1) is 0 Å². The minimum absolute atomic E-state index is 0.0167. The number of ether oxygens (including phenoxy) is 1. The Morgan fingerprint density at radius 1 is 1.39 bits per heavy atom. The highest BCUT2D eigenvalue weighted by Gasteiger charge is 2.32. The summed E-state index contributed by atoms with van der Waals surface area (Å²) in [4.78, 5) is 18.4. The molecule has 0 saturated carbocycles. The molecular weight excluding hydrogens is 312 g/mol. The predicted molar refractivity (Wildman–Crippen MR) is 89.3 cm³/mol. The van der Waals surface area contributed by atoms with Crippen molar-refractivity contribution in [1.29, 1.82) is 0 Å². The zero-order valence-corrected chi connectivity index (χ0v) is 13.8. The molecule has 1 aromatic heterocycles. The summed E-state index contributed by atoms with van der Waals surface area (Å²) in [5, 5.41) is 0.474. The lowest BCUT2D eigenvalue weighted by atomic mass is 10.0. The maximum absolute atomic E-state index is 12.4. The highest BCUT2D eigenvalue weighted by atomic mass is 35.5. The Bertz CT molecular complexity index is 691. The van der Waals surface area contributed by atoms with Crippen molar-refractivity contribution in [2.24, 2.45) is 0 Å². The lowest BCUT2D eigenvalue weighted by Crippen LogP contribution is -2.31. The van der Waals surface area contributed by atoms with Crippen LogP contribution in [0.1, 0.15) is 35.6 Å². The van der Waals surface area contributed by atoms with Crippen molar-refractivity contribution in [3.63, 3.8) is 0 Å². The largest absolute Gasteiger partial charge is 0.445 e. The number of carbonyl (C=O) groups excluding carboxylic acids is 1. The molecule has 120 valence electrons. The van der Waals surface area contributed by atoms with Crippen LogP contribution < -0.4 is 0 Å². The highest BCUT2D eigenvalue weighted by Crippen LogP contribution is 2.34. The minimum Gasteiger partial charge on any atom is -0.445 e. The Morgan fingerprint density at radius 3 is 2.91 bits per heavy atom. The SMILES string of the molecule is Cc1cc(Cl)ncc1[C@H]1CCCN1C(=O)OCc1ccccc1. The first-order valence-corrected chi connectivity index (χ1v) is 8.12. The maximum atomic E-state index is 12.4. The quantitative estimate of drug-likeness (QED) is 0.777. The minimum atomic E-state index is -0.272. The van der Waals surface area contributed by atoms with E-state index in [0.29, 0.717) is 18.3 Å². The second-order valence-corrected chi connectivity index (χ2v) is 6.14. The van der Waals surface area contributed by atoms with Gasteiger partial charge in [0.2, 0.25) is 0 Å². The zero-order valence-electron chi connectivity index (χ0n) is 13.0. The van der Waals surface area contributed by atoms with Crippen molar-refractivity contribution in [2.45, 2.75) is 32.4 Å². The fourth-order valence-electron chi connectivity index (χ4n) is 2.99. The first-order chi connectivity index (χ1) is 11.1. The van der Waals surface area contributed by atoms with Crippen molar-refractivity contribution in [2.75, 3.05) is 6.54 Å². The molecule has 1 aromatic carbocycles. The van der Waals surface area contributed by atoms with E-state index in [9.17, 15) is 4.79 Å². The Kier molecular flexibility index (Phi) is 4.82. The summed E-state index contributed by atoms with van der Waals surface area (Å²) in [6.07, 6.45) is 3.38. The number of likely N-dealkylation sites (tertiary alicyclic amines) is 1. The molecule has 1 aliphatic heterocycles. The van der Waals surface area contributed by atoms with Gasteiger partial charge in [0.1, 0.15) is 11.8 Å². The molecule has 2 aromatic rings. The molecule has 0 N–H and O–H groups in total. The molecule has 0 radical (unpaired) electrons. The van der Waals surface area contributed by atoms with Crippen LogP contribution in [0, 0.1) is 6.92 Å². The van der Waals surface area contributed by atoms with E-state index >= 15 is 0 Å². The van der Waals surface area contributed by atoms with Crippen LogP contribution in [0.25, 0.3) is 0 Å². The fourth-order valence-corrected chi connectivity index (χ4v) is 3.20. The first kappa shape index (κ1) is 15.8. The van der Waals surface area contributed by atoms with Crippen LogP contribution in [0.15, 0.2) is 42.6 Å². The van der Waals surface area contributed by atoms with Crippen LogP contribution in [0.5, 0.6) is 0 Å². The van der Waals surface area contributed by atoms with Gasteiger partial charge in [-0.1, -0.05) is 41.9 Å². The number of benzene rings is 1. The molecular formula is C18H19ClN2O2. The maximum Gasteiger partial charge on any atom is 0.410 e. The normalized spacial score (nSPS) is 17.3. The van der Waals surface area contributed by atoms with E-state index in [0.717, 1.165) is 29.5 Å². The molecule has 1 aliphatic rings. The number of nitrogens with zero attached hydrogens (tertiary/aromatic N) is 2. The van der Waals surface area contributed by atoms with Gasteiger partial charge < -0.3 is 9.64 Å². The standard InChI is InChI=1S/C18H19ClN2O2/c1-13-10-17(19)20-11-15(13)16-8-5-9-21(16)18(22)23-12-14-6-3-2-4-7-14/h2-4,6-7,10-11,16H,5,8-9,12H2,1H3/t16-/m1/s1. The van der Waals surface area contributed by atoms with E-state index in [1.165, 1.54) is 0 Å². The van der Waals surface area contributed by atoms with Crippen molar-refractivity contribution in [3.05, 3.63) is 64.4 Å². The molecule has 0 unspecified atom stereocenters. The second-order valence-electron chi connectivity index (χ2n) is 5.76. The molecule has 1 amide bonds. The van der Waals surface area contributed by atoms with E-state index in [1.807, 2.05) is 43.3 Å². The molecule has 5 heteroatoms. The Hall–Kier alpha value is -2.07. The van der Waals surface area contributed by atoms with Crippen LogP contribution in [0.2, 0.25) is 5.15 Å². The van der Waals surface area contributed by atoms with Gasteiger partial charge in [0, 0.05) is 12.7 Å². The Balaban J connectivity index is 1.69. The van der Waals surface area contributed by atoms with E-state index < -0.39 is 0 Å². The highest BCUT2D eigenvalue weighted by molar-refractivity contribution is 6.29. The molecule has 0 bridgehead atoms. The van der Waals surface area contributed by atoms with E-state index in [4.69, 9.17) is 16.3 Å². The Labute approximate surface area is 141 Å². The third-order valence-electron chi connectivity index (χ3n) is 4.17. The van der Waals surface area contributed by atoms with Gasteiger partial charge in [-0.25, -0.2) is 9.78 Å². The molecule has 1 atom stereocenters. The number of aryl methyl sites for hydroxylation is 1. The lowest BCUT2D eigenvalue weighted by Gasteiger charge is -2.25. The van der Waals surface area contributed by atoms with Crippen molar-refractivity contribution in [3.8, 4) is 0 Å². The average molecular weight is 331 g/mol. The van der Waals surface area contributed by atoms with E-state index in [1.54, 1.807) is 11.1 Å². The van der Waals surface area contributed by atoms with Gasteiger partial charge in [-0.3, -0.25) is 0 Å². The van der Waals surface area contributed by atoms with Gasteiger partial charge in [0.05, 0.1) is 6.04 Å². The molecule has 2 heterocycles. The number of hydrogen-bond acceptors (Lipinski definition) is 3. The predicted octanol–water partition coefficient (Wildman–Crippen LogP) is 4.52. The molecule has 23 heavy (non-hydrogen) atoms. The third kappa shape index (κ3) is 3.64. The van der Waals surface area contributed by atoms with Crippen molar-refractivity contribution in [1.82, 2.24) is 9.88 Å². The fraction of sp³-hybridized carbons (Fsp3) is 0.333. The number of pyridine rings is 1. The Morgan fingerprint density at radius 2 is 2.17 bits per heavy atom. The number of halogens is 1. The molecule has 4 nitrogen and oxygen atoms in total. The molecule has 1 fully saturated rings. The van der Waals surface area contributed by atoms with Crippen molar-refractivity contribution < 1.29 is 9.53 Å². The van der Waals surface area contributed by atoms with E-state index in [2.05, 4.69) is 4.98 Å². The van der Waals surface area contributed by atoms with E-state index in [-0.39, 0.29) is 12.1 Å². The van der Waals surface area contributed by atoms with Crippen LogP contribution in [0.3, 0.4) is 0 Å². The summed E-state index contributed by atoms with van der Waals surface area (Å²) in [5.41, 5.74) is 3.09. The van der Waals surface area contributed by atoms with Gasteiger partial charge in [0.15, 0.2) is 0 Å². The lowest BCUT2D eigenvalue weighted by molar-refractivity contribution is 0.0919. The molecule has 0 aliphatic carbocycles. The summed E-state index contributed by atoms with van der Waals surface area (Å²) < 4.78 is 5.47. The smallest absolute Gasteiger partial charge is 0.410 e. The van der Waals surface area contributed by atoms with Gasteiger partial charge in [-0.2, -0.15) is 0 Å². The zero-order chi connectivity index (χ0) is 16.2. The van der Waals surface area contributed by atoms with Crippen LogP contribution in [-0.4, -0.2) is 22.5 Å². The number of carbonyl (C=O) groups is 1. The third-order valence-corrected chi connectivity index (χ3v) is 4.38. The van der Waals surface area contributed by atoms with Crippen LogP contribution >= 0.6 is 11.6 Å². The molecule has 3 rings (SSSR count). The molecule has 0 spiro atoms. The first-order valence-electron chi connectivity index (χ1n) is 7.74. The number of aromatic nitrogens is 1. The number of amides is 1. The monoisotopic (exact) mass is 330 g/mol. The topological polar surface area (TPSA) is 42.4 Å². The van der Waals surface area contributed by atoms with Crippen LogP contribution in [-0.2, 0) is 11.3 Å². The van der Waals surface area contributed by atoms with Gasteiger partial charge in [-0.05, 0) is 42.5 Å². The number of hydrogen-bond donors (Lipinski definition) is 0. The summed E-state index contributed by atoms with van der Waals surface area (Å²) in [6.45, 7) is 3.00. The summed E-state index contributed by atoms with van der Waals surface area (Å²) in [5.74, 6) is 0. The second kappa shape index (κ2) is 7.01. The van der Waals surface area contributed by atoms with Crippen LogP contribution in [0.4, 0.5) is 4.79 Å². The summed E-state index contributed by atoms with van der Waals surface area (Å²) >= 11 is 5.92. The average Bonchev–Trinajstić information content (AvgIpc) is 3.03.